The van der Waals surface area contributed by atoms with Crippen molar-refractivity contribution in [3.05, 3.63) is 21.0 Å². The maximum absolute atomic E-state index is 12.2. The molecule has 7 heteroatoms. The van der Waals surface area contributed by atoms with Gasteiger partial charge < -0.3 is 14.8 Å². The van der Waals surface area contributed by atoms with Crippen molar-refractivity contribution in [3.63, 3.8) is 0 Å². The zero-order chi connectivity index (χ0) is 18.5. The van der Waals surface area contributed by atoms with Gasteiger partial charge in [0.2, 0.25) is 0 Å². The summed E-state index contributed by atoms with van der Waals surface area (Å²) >= 11 is 8.19. The number of pyridine rings is 1. The van der Waals surface area contributed by atoms with Crippen LogP contribution in [0.3, 0.4) is 0 Å². The lowest BCUT2D eigenvalue weighted by Crippen LogP contribution is -2.52. The Morgan fingerprint density at radius 2 is 1.96 bits per heavy atom. The second kappa shape index (κ2) is 8.56. The van der Waals surface area contributed by atoms with Gasteiger partial charge in [-0.15, -0.1) is 0 Å². The van der Waals surface area contributed by atoms with Crippen molar-refractivity contribution < 1.29 is 14.3 Å². The van der Waals surface area contributed by atoms with Gasteiger partial charge in [0.1, 0.15) is 15.9 Å². The highest BCUT2D eigenvalue weighted by Crippen LogP contribution is 2.25. The van der Waals surface area contributed by atoms with Crippen LogP contribution in [-0.4, -0.2) is 28.8 Å². The zero-order valence-corrected chi connectivity index (χ0v) is 18.0. The molecule has 0 saturated carbocycles. The molecular formula is C17H26ClIN2O3. The molecule has 0 bridgehead atoms. The van der Waals surface area contributed by atoms with Crippen LogP contribution in [0.2, 0.25) is 5.15 Å². The van der Waals surface area contributed by atoms with Crippen molar-refractivity contribution in [2.24, 2.45) is 5.92 Å². The first kappa shape index (κ1) is 21.3. The van der Waals surface area contributed by atoms with Crippen LogP contribution in [0.4, 0.5) is 4.79 Å². The van der Waals surface area contributed by atoms with Crippen molar-refractivity contribution in [2.45, 2.75) is 59.1 Å². The average molecular weight is 469 g/mol. The van der Waals surface area contributed by atoms with Gasteiger partial charge in [-0.3, -0.25) is 0 Å². The lowest BCUT2D eigenvalue weighted by atomic mass is 9.91. The maximum atomic E-state index is 12.2. The third-order valence-corrected chi connectivity index (χ3v) is 3.86. The highest BCUT2D eigenvalue weighted by atomic mass is 127. The van der Waals surface area contributed by atoms with Gasteiger partial charge in [-0.25, -0.2) is 9.78 Å². The molecule has 0 aromatic carbocycles. The van der Waals surface area contributed by atoms with Gasteiger partial charge in [0.25, 0.3) is 0 Å². The van der Waals surface area contributed by atoms with Crippen molar-refractivity contribution in [1.29, 1.82) is 0 Å². The Bertz CT molecular complexity index is 575. The fraction of sp³-hybridized carbons (Fsp3) is 0.647. The number of nitrogens with one attached hydrogen (secondary N) is 1. The van der Waals surface area contributed by atoms with Gasteiger partial charge >= 0.3 is 6.09 Å². The highest BCUT2D eigenvalue weighted by molar-refractivity contribution is 14.1. The van der Waals surface area contributed by atoms with Crippen molar-refractivity contribution in [3.8, 4) is 5.75 Å². The molecular weight excluding hydrogens is 443 g/mol. The lowest BCUT2D eigenvalue weighted by molar-refractivity contribution is 0.0408. The van der Waals surface area contributed by atoms with Crippen LogP contribution < -0.4 is 10.1 Å². The summed E-state index contributed by atoms with van der Waals surface area (Å²) in [5, 5.41) is 3.24. The summed E-state index contributed by atoms with van der Waals surface area (Å²) in [6.07, 6.45) is 0.280. The van der Waals surface area contributed by atoms with Gasteiger partial charge in [0, 0.05) is 0 Å². The molecule has 0 aliphatic heterocycles. The van der Waals surface area contributed by atoms with E-state index in [9.17, 15) is 4.79 Å². The highest BCUT2D eigenvalue weighted by Gasteiger charge is 2.31. The van der Waals surface area contributed by atoms with Crippen molar-refractivity contribution in [2.75, 3.05) is 6.61 Å². The summed E-state index contributed by atoms with van der Waals surface area (Å²) in [7, 11) is 0. The Morgan fingerprint density at radius 3 is 2.46 bits per heavy atom. The molecule has 1 N–H and O–H groups in total. The predicted octanol–water partition coefficient (Wildman–Crippen LogP) is 5.05. The Morgan fingerprint density at radius 1 is 1.33 bits per heavy atom. The van der Waals surface area contributed by atoms with E-state index in [1.54, 1.807) is 6.07 Å². The summed E-state index contributed by atoms with van der Waals surface area (Å²) in [6, 6.07) is 3.60. The molecule has 0 radical (unpaired) electrons. The smallest absolute Gasteiger partial charge is 0.408 e. The summed E-state index contributed by atoms with van der Waals surface area (Å²) < 4.78 is 12.0. The number of halogens is 2. The normalized spacial score (nSPS) is 14.2. The Labute approximate surface area is 163 Å². The molecule has 0 aliphatic carbocycles. The number of hydrogen-bond acceptors (Lipinski definition) is 4. The van der Waals surface area contributed by atoms with Gasteiger partial charge in [0.05, 0.1) is 5.54 Å². The zero-order valence-electron chi connectivity index (χ0n) is 15.1. The van der Waals surface area contributed by atoms with E-state index in [0.29, 0.717) is 16.8 Å². The molecule has 1 amide bonds. The Balaban J connectivity index is 2.81. The Hall–Kier alpha value is -0.760. The van der Waals surface area contributed by atoms with Gasteiger partial charge in [-0.05, 0) is 74.8 Å². The van der Waals surface area contributed by atoms with E-state index in [1.807, 2.05) is 33.8 Å². The van der Waals surface area contributed by atoms with E-state index < -0.39 is 17.2 Å². The van der Waals surface area contributed by atoms with Gasteiger partial charge in [-0.1, -0.05) is 25.4 Å². The number of amides is 1. The quantitative estimate of drug-likeness (QED) is 0.469. The topological polar surface area (TPSA) is 60.5 Å². The van der Waals surface area contributed by atoms with Crippen LogP contribution >= 0.6 is 34.2 Å². The maximum Gasteiger partial charge on any atom is 0.408 e. The van der Waals surface area contributed by atoms with E-state index in [1.165, 1.54) is 0 Å². The summed E-state index contributed by atoms with van der Waals surface area (Å²) in [5.41, 5.74) is -1.13. The second-order valence-corrected chi connectivity index (χ2v) is 8.96. The number of aromatic nitrogens is 1. The molecule has 0 fully saturated rings. The monoisotopic (exact) mass is 468 g/mol. The number of ether oxygens (including phenoxy) is 2. The summed E-state index contributed by atoms with van der Waals surface area (Å²) in [4.78, 5) is 16.3. The third kappa shape index (κ3) is 7.88. The minimum absolute atomic E-state index is 0.270. The van der Waals surface area contributed by atoms with Crippen LogP contribution in [0.1, 0.15) is 48.0 Å². The number of nitrogens with zero attached hydrogens (tertiary/aromatic N) is 1. The number of carbonyl (C=O) groups is 1. The third-order valence-electron chi connectivity index (χ3n) is 2.99. The van der Waals surface area contributed by atoms with E-state index in [4.69, 9.17) is 21.1 Å². The largest absolute Gasteiger partial charge is 0.488 e. The molecule has 1 rings (SSSR count). The molecule has 5 nitrogen and oxygen atoms in total. The van der Waals surface area contributed by atoms with Crippen molar-refractivity contribution >= 4 is 40.3 Å². The van der Waals surface area contributed by atoms with Crippen LogP contribution in [-0.2, 0) is 4.74 Å². The molecule has 1 aromatic rings. The van der Waals surface area contributed by atoms with Gasteiger partial charge in [-0.2, -0.15) is 0 Å². The number of carbonyl (C=O) groups excluding carboxylic acids is 1. The molecule has 1 unspecified atom stereocenters. The summed E-state index contributed by atoms with van der Waals surface area (Å²) in [5.74, 6) is 0.872. The number of alkyl carbamates (subject to hydrolysis) is 1. The first-order chi connectivity index (χ1) is 10.9. The van der Waals surface area contributed by atoms with E-state index >= 15 is 0 Å². The molecule has 1 atom stereocenters. The fourth-order valence-electron chi connectivity index (χ4n) is 2.34. The summed E-state index contributed by atoms with van der Waals surface area (Å²) in [6.45, 7) is 11.9. The SMILES string of the molecule is CC(C)CC(C)(COc1ccc(I)nc1Cl)NC(=O)OC(C)(C)C. The van der Waals surface area contributed by atoms with Crippen LogP contribution in [0.5, 0.6) is 5.75 Å². The van der Waals surface area contributed by atoms with Crippen molar-refractivity contribution in [1.82, 2.24) is 10.3 Å². The van der Waals surface area contributed by atoms with Crippen LogP contribution in [0.25, 0.3) is 0 Å². The lowest BCUT2D eigenvalue weighted by Gasteiger charge is -2.33. The minimum atomic E-state index is -0.581. The van der Waals surface area contributed by atoms with E-state index in [2.05, 4.69) is 46.7 Å². The first-order valence-electron chi connectivity index (χ1n) is 7.86. The minimum Gasteiger partial charge on any atom is -0.488 e. The van der Waals surface area contributed by atoms with E-state index in [0.717, 1.165) is 10.1 Å². The van der Waals surface area contributed by atoms with Gasteiger partial charge in [0.15, 0.2) is 10.9 Å². The predicted molar refractivity (Wildman–Crippen MR) is 105 cm³/mol. The molecule has 1 aromatic heterocycles. The molecule has 0 aliphatic rings. The molecule has 24 heavy (non-hydrogen) atoms. The molecule has 136 valence electrons. The fourth-order valence-corrected chi connectivity index (χ4v) is 3.11. The first-order valence-corrected chi connectivity index (χ1v) is 9.32. The number of rotatable bonds is 6. The standard InChI is InChI=1S/C17H26ClIN2O3/c1-11(2)9-17(6,21-15(22)24-16(3,4)5)10-23-12-7-8-13(19)20-14(12)18/h7-8,11H,9-10H2,1-6H3,(H,21,22). The van der Waals surface area contributed by atoms with E-state index in [-0.39, 0.29) is 6.61 Å². The Kier molecular flexibility index (Phi) is 7.59. The number of hydrogen-bond donors (Lipinski definition) is 1. The molecule has 0 saturated heterocycles. The second-order valence-electron chi connectivity index (χ2n) is 7.50. The van der Waals surface area contributed by atoms with Crippen LogP contribution in [0.15, 0.2) is 12.1 Å². The molecule has 0 spiro atoms. The molecule has 1 heterocycles. The average Bonchev–Trinajstić information content (AvgIpc) is 2.33. The van der Waals surface area contributed by atoms with Crippen LogP contribution in [0, 0.1) is 9.62 Å².